The van der Waals surface area contributed by atoms with Crippen molar-refractivity contribution in [2.45, 2.75) is 6.54 Å². The first-order chi connectivity index (χ1) is 12.4. The van der Waals surface area contributed by atoms with Gasteiger partial charge in [-0.3, -0.25) is 13.9 Å². The fourth-order valence-electron chi connectivity index (χ4n) is 2.98. The minimum absolute atomic E-state index is 0.0996. The van der Waals surface area contributed by atoms with Crippen LogP contribution in [0.15, 0.2) is 39.9 Å². The number of rotatable bonds is 2. The Morgan fingerprint density at radius 3 is 2.54 bits per heavy atom. The molecule has 4 rings (SSSR count). The molecule has 0 bridgehead atoms. The maximum atomic E-state index is 12.6. The van der Waals surface area contributed by atoms with Gasteiger partial charge in [0.15, 0.2) is 11.2 Å². The van der Waals surface area contributed by atoms with Gasteiger partial charge >= 0.3 is 5.69 Å². The second-order valence-corrected chi connectivity index (χ2v) is 6.67. The van der Waals surface area contributed by atoms with Crippen LogP contribution in [-0.2, 0) is 20.6 Å². The van der Waals surface area contributed by atoms with Gasteiger partial charge in [0.1, 0.15) is 5.15 Å². The second-order valence-electron chi connectivity index (χ2n) is 5.98. The van der Waals surface area contributed by atoms with E-state index in [9.17, 15) is 9.59 Å². The molecule has 26 heavy (non-hydrogen) atoms. The first kappa shape index (κ1) is 16.8. The summed E-state index contributed by atoms with van der Waals surface area (Å²) in [5, 5.41) is 1.35. The van der Waals surface area contributed by atoms with Crippen molar-refractivity contribution in [3.8, 4) is 0 Å². The zero-order valence-electron chi connectivity index (χ0n) is 13.9. The third-order valence-corrected chi connectivity index (χ3v) is 5.00. The van der Waals surface area contributed by atoms with Crippen molar-refractivity contribution in [2.75, 3.05) is 0 Å². The van der Waals surface area contributed by atoms with E-state index in [4.69, 9.17) is 23.2 Å². The number of halogens is 2. The summed E-state index contributed by atoms with van der Waals surface area (Å²) < 4.78 is 3.85. The van der Waals surface area contributed by atoms with Gasteiger partial charge in [0, 0.05) is 25.0 Å². The standard InChI is InChI=1S/C17H13Cl2N5O2/c1-22-14-12(15(25)23(2)17(22)26)24(16(19)21-14)8-10-7-9-5-3-4-6-11(9)20-13(10)18/h3-7H,8H2,1-2H3. The van der Waals surface area contributed by atoms with Crippen molar-refractivity contribution in [3.63, 3.8) is 0 Å². The number of fused-ring (bicyclic) bond motifs is 2. The molecule has 0 aliphatic rings. The normalized spacial score (nSPS) is 11.5. The Morgan fingerprint density at radius 1 is 1.04 bits per heavy atom. The second kappa shape index (κ2) is 5.96. The van der Waals surface area contributed by atoms with Crippen LogP contribution >= 0.6 is 23.2 Å². The predicted octanol–water partition coefficient (Wildman–Crippen LogP) is 2.34. The minimum atomic E-state index is -0.465. The molecule has 0 aliphatic heterocycles. The smallest absolute Gasteiger partial charge is 0.304 e. The van der Waals surface area contributed by atoms with Gasteiger partial charge in [-0.15, -0.1) is 0 Å². The third-order valence-electron chi connectivity index (χ3n) is 4.38. The molecule has 0 aliphatic carbocycles. The van der Waals surface area contributed by atoms with Gasteiger partial charge < -0.3 is 4.57 Å². The Hall–Kier alpha value is -2.64. The van der Waals surface area contributed by atoms with Crippen LogP contribution in [0, 0.1) is 0 Å². The summed E-state index contributed by atoms with van der Waals surface area (Å²) >= 11 is 12.6. The molecule has 0 spiro atoms. The molecule has 0 amide bonds. The Morgan fingerprint density at radius 2 is 1.77 bits per heavy atom. The molecule has 0 unspecified atom stereocenters. The lowest BCUT2D eigenvalue weighted by atomic mass is 10.1. The molecule has 4 aromatic rings. The lowest BCUT2D eigenvalue weighted by molar-refractivity contribution is 0.702. The van der Waals surface area contributed by atoms with E-state index in [1.54, 1.807) is 7.05 Å². The van der Waals surface area contributed by atoms with Crippen LogP contribution in [0.1, 0.15) is 5.56 Å². The molecule has 0 fully saturated rings. The van der Waals surface area contributed by atoms with Crippen molar-refractivity contribution in [1.82, 2.24) is 23.7 Å². The number of imidazole rings is 1. The summed E-state index contributed by atoms with van der Waals surface area (Å²) in [7, 11) is 2.96. The van der Waals surface area contributed by atoms with Crippen LogP contribution in [0.5, 0.6) is 0 Å². The molecule has 3 heterocycles. The summed E-state index contributed by atoms with van der Waals surface area (Å²) in [6.07, 6.45) is 0. The molecular formula is C17H13Cl2N5O2. The van der Waals surface area contributed by atoms with Crippen LogP contribution in [0.4, 0.5) is 0 Å². The number of hydrogen-bond acceptors (Lipinski definition) is 4. The molecular weight excluding hydrogens is 377 g/mol. The predicted molar refractivity (Wildman–Crippen MR) is 101 cm³/mol. The Bertz CT molecular complexity index is 1300. The van der Waals surface area contributed by atoms with Gasteiger partial charge in [0.05, 0.1) is 12.1 Å². The van der Waals surface area contributed by atoms with E-state index in [2.05, 4.69) is 9.97 Å². The molecule has 0 saturated heterocycles. The largest absolute Gasteiger partial charge is 0.332 e. The lowest BCUT2D eigenvalue weighted by Crippen LogP contribution is -2.37. The molecule has 7 nitrogen and oxygen atoms in total. The molecule has 0 radical (unpaired) electrons. The fraction of sp³-hybridized carbons (Fsp3) is 0.176. The number of pyridine rings is 1. The third kappa shape index (κ3) is 2.43. The molecule has 0 atom stereocenters. The van der Waals surface area contributed by atoms with E-state index < -0.39 is 11.2 Å². The number of para-hydroxylation sites is 1. The summed E-state index contributed by atoms with van der Waals surface area (Å²) in [6, 6.07) is 9.50. The lowest BCUT2D eigenvalue weighted by Gasteiger charge is -2.09. The molecule has 0 saturated carbocycles. The van der Waals surface area contributed by atoms with Crippen molar-refractivity contribution >= 4 is 45.3 Å². The van der Waals surface area contributed by atoms with Gasteiger partial charge in [-0.05, 0) is 23.7 Å². The average Bonchev–Trinajstić information content (AvgIpc) is 2.95. The highest BCUT2D eigenvalue weighted by atomic mass is 35.5. The number of benzene rings is 1. The van der Waals surface area contributed by atoms with Crippen molar-refractivity contribution in [2.24, 2.45) is 14.1 Å². The van der Waals surface area contributed by atoms with Gasteiger partial charge in [0.2, 0.25) is 5.28 Å². The fourth-order valence-corrected chi connectivity index (χ4v) is 3.41. The Labute approximate surface area is 157 Å². The maximum Gasteiger partial charge on any atom is 0.332 e. The van der Waals surface area contributed by atoms with Gasteiger partial charge in [0.25, 0.3) is 5.56 Å². The van der Waals surface area contributed by atoms with Crippen LogP contribution < -0.4 is 11.2 Å². The monoisotopic (exact) mass is 389 g/mol. The van der Waals surface area contributed by atoms with E-state index in [0.29, 0.717) is 10.7 Å². The summed E-state index contributed by atoms with van der Waals surface area (Å²) in [6.45, 7) is 0.208. The van der Waals surface area contributed by atoms with Gasteiger partial charge in [-0.25, -0.2) is 9.78 Å². The first-order valence-corrected chi connectivity index (χ1v) is 8.50. The minimum Gasteiger partial charge on any atom is -0.304 e. The van der Waals surface area contributed by atoms with E-state index in [1.165, 1.54) is 16.2 Å². The number of nitrogens with zero attached hydrogens (tertiary/aromatic N) is 5. The molecule has 132 valence electrons. The highest BCUT2D eigenvalue weighted by Gasteiger charge is 2.19. The van der Waals surface area contributed by atoms with Crippen LogP contribution in [-0.4, -0.2) is 23.7 Å². The van der Waals surface area contributed by atoms with Gasteiger partial charge in [-0.1, -0.05) is 29.8 Å². The summed E-state index contributed by atoms with van der Waals surface area (Å²) in [5.74, 6) is 0. The van der Waals surface area contributed by atoms with Crippen molar-refractivity contribution < 1.29 is 0 Å². The first-order valence-electron chi connectivity index (χ1n) is 7.74. The number of hydrogen-bond donors (Lipinski definition) is 0. The highest BCUT2D eigenvalue weighted by Crippen LogP contribution is 2.24. The van der Waals surface area contributed by atoms with Gasteiger partial charge in [-0.2, -0.15) is 4.98 Å². The SMILES string of the molecule is Cn1c(=O)c2c(nc(Cl)n2Cc2cc3ccccc3nc2Cl)n(C)c1=O. The van der Waals surface area contributed by atoms with Crippen LogP contribution in [0.3, 0.4) is 0 Å². The zero-order chi connectivity index (χ0) is 18.6. The topological polar surface area (TPSA) is 74.7 Å². The molecule has 1 aromatic carbocycles. The number of aromatic nitrogens is 5. The maximum absolute atomic E-state index is 12.6. The summed E-state index contributed by atoms with van der Waals surface area (Å²) in [5.41, 5.74) is 1.02. The quantitative estimate of drug-likeness (QED) is 0.389. The van der Waals surface area contributed by atoms with Crippen molar-refractivity contribution in [3.05, 3.63) is 67.2 Å². The van der Waals surface area contributed by atoms with Crippen molar-refractivity contribution in [1.29, 1.82) is 0 Å². The summed E-state index contributed by atoms with van der Waals surface area (Å²) in [4.78, 5) is 33.3. The molecule has 3 aromatic heterocycles. The van der Waals surface area contributed by atoms with E-state index >= 15 is 0 Å². The van der Waals surface area contributed by atoms with E-state index in [1.807, 2.05) is 30.3 Å². The van der Waals surface area contributed by atoms with Crippen LogP contribution in [0.25, 0.3) is 22.1 Å². The van der Waals surface area contributed by atoms with Crippen LogP contribution in [0.2, 0.25) is 10.4 Å². The van der Waals surface area contributed by atoms with E-state index in [0.717, 1.165) is 15.5 Å². The molecule has 9 heteroatoms. The zero-order valence-corrected chi connectivity index (χ0v) is 15.4. The Balaban J connectivity index is 1.96. The highest BCUT2D eigenvalue weighted by molar-refractivity contribution is 6.30. The average molecular weight is 390 g/mol. The van der Waals surface area contributed by atoms with E-state index in [-0.39, 0.29) is 23.0 Å². The Kier molecular flexibility index (Phi) is 3.86. The molecule has 0 N–H and O–H groups in total. The number of aryl methyl sites for hydroxylation is 1.